The van der Waals surface area contributed by atoms with Crippen molar-refractivity contribution >= 4 is 27.7 Å². The van der Waals surface area contributed by atoms with Crippen LogP contribution in [-0.4, -0.2) is 30.8 Å². The van der Waals surface area contributed by atoms with E-state index in [4.69, 9.17) is 16.7 Å². The van der Waals surface area contributed by atoms with Crippen LogP contribution in [-0.2, 0) is 16.4 Å². The third-order valence-electron chi connectivity index (χ3n) is 5.54. The number of benzene rings is 3. The second-order valence-corrected chi connectivity index (χ2v) is 10.0. The van der Waals surface area contributed by atoms with Crippen LogP contribution in [0.25, 0.3) is 21.5 Å². The van der Waals surface area contributed by atoms with Gasteiger partial charge in [0, 0.05) is 16.3 Å². The van der Waals surface area contributed by atoms with E-state index in [1.165, 1.54) is 24.3 Å². The quantitative estimate of drug-likeness (QED) is 0.372. The first-order chi connectivity index (χ1) is 16.7. The Kier molecular flexibility index (Phi) is 9.38. The molecule has 10 heteroatoms. The Hall–Kier alpha value is -2.62. The molecule has 0 fully saturated rings. The van der Waals surface area contributed by atoms with Crippen molar-refractivity contribution in [3.05, 3.63) is 106 Å². The average molecular weight is 531 g/mol. The van der Waals surface area contributed by atoms with Gasteiger partial charge in [0.25, 0.3) is 0 Å². The van der Waals surface area contributed by atoms with Crippen molar-refractivity contribution in [2.24, 2.45) is 0 Å². The second kappa shape index (κ2) is 12.1. The zero-order valence-electron chi connectivity index (χ0n) is 20.3. The molecule has 0 aliphatic heterocycles. The van der Waals surface area contributed by atoms with E-state index in [-0.39, 0.29) is 41.0 Å². The SMILES string of the molecule is Cc1nn(-c2ccc(CCNC(=O)[N-]S(=O)(=O)c3ccc(Cl)cc3)cc2)c(C)c1-c1ccccc1.[Na+]. The van der Waals surface area contributed by atoms with E-state index < -0.39 is 16.1 Å². The van der Waals surface area contributed by atoms with Gasteiger partial charge in [-0.1, -0.05) is 54.1 Å². The number of hydrogen-bond donors (Lipinski definition) is 1. The molecular formula is C26H24ClN4NaO3S. The molecule has 0 unspecified atom stereocenters. The summed E-state index contributed by atoms with van der Waals surface area (Å²) in [5.74, 6) is 0. The van der Waals surface area contributed by atoms with Gasteiger partial charge in [-0.25, -0.2) is 13.1 Å². The maximum Gasteiger partial charge on any atom is 1.00 e. The van der Waals surface area contributed by atoms with Crippen LogP contribution in [0.2, 0.25) is 5.02 Å². The number of urea groups is 1. The van der Waals surface area contributed by atoms with E-state index in [1.807, 2.05) is 61.0 Å². The Morgan fingerprint density at radius 2 is 1.61 bits per heavy atom. The second-order valence-electron chi connectivity index (χ2n) is 7.99. The number of amides is 2. The van der Waals surface area contributed by atoms with Crippen molar-refractivity contribution < 1.29 is 42.8 Å². The number of carbonyl (C=O) groups excluding carboxylic acids is 1. The molecule has 0 spiro atoms. The maximum atomic E-state index is 12.2. The summed E-state index contributed by atoms with van der Waals surface area (Å²) in [7, 11) is -4.09. The summed E-state index contributed by atoms with van der Waals surface area (Å²) in [5.41, 5.74) is 6.18. The van der Waals surface area contributed by atoms with Crippen molar-refractivity contribution in [3.63, 3.8) is 0 Å². The summed E-state index contributed by atoms with van der Waals surface area (Å²) in [5, 5.41) is 7.64. The molecule has 1 N–H and O–H groups in total. The smallest absolute Gasteiger partial charge is 0.448 e. The first-order valence-electron chi connectivity index (χ1n) is 11.0. The molecule has 0 radical (unpaired) electrons. The van der Waals surface area contributed by atoms with Gasteiger partial charge in [-0.3, -0.25) is 4.79 Å². The fourth-order valence-electron chi connectivity index (χ4n) is 3.83. The van der Waals surface area contributed by atoms with Crippen molar-refractivity contribution in [2.75, 3.05) is 6.54 Å². The van der Waals surface area contributed by atoms with E-state index in [9.17, 15) is 13.2 Å². The van der Waals surface area contributed by atoms with Crippen molar-refractivity contribution in [3.8, 4) is 16.8 Å². The topological polar surface area (TPSA) is 95.2 Å². The van der Waals surface area contributed by atoms with Crippen molar-refractivity contribution in [1.29, 1.82) is 0 Å². The van der Waals surface area contributed by atoms with E-state index in [0.29, 0.717) is 11.4 Å². The van der Waals surface area contributed by atoms with Gasteiger partial charge in [0.1, 0.15) is 0 Å². The van der Waals surface area contributed by atoms with Gasteiger partial charge in [-0.2, -0.15) is 5.10 Å². The summed E-state index contributed by atoms with van der Waals surface area (Å²) < 4.78 is 29.7. The van der Waals surface area contributed by atoms with E-state index in [0.717, 1.165) is 33.8 Å². The molecule has 2 amide bonds. The minimum atomic E-state index is -4.09. The predicted molar refractivity (Wildman–Crippen MR) is 138 cm³/mol. The molecular weight excluding hydrogens is 507 g/mol. The van der Waals surface area contributed by atoms with Crippen molar-refractivity contribution in [1.82, 2.24) is 15.1 Å². The predicted octanol–water partition coefficient (Wildman–Crippen LogP) is 2.83. The fourth-order valence-corrected chi connectivity index (χ4v) is 4.83. The first-order valence-corrected chi connectivity index (χ1v) is 12.8. The normalized spacial score (nSPS) is 11.0. The molecule has 0 bridgehead atoms. The van der Waals surface area contributed by atoms with Gasteiger partial charge in [0.05, 0.1) is 16.3 Å². The third-order valence-corrected chi connectivity index (χ3v) is 7.07. The number of aryl methyl sites for hydroxylation is 1. The van der Waals surface area contributed by atoms with Gasteiger partial charge >= 0.3 is 29.6 Å². The molecule has 1 aromatic heterocycles. The summed E-state index contributed by atoms with van der Waals surface area (Å²) in [6.45, 7) is 4.30. The van der Waals surface area contributed by atoms with Crippen LogP contribution in [0.4, 0.5) is 4.79 Å². The number of carbonyl (C=O) groups is 1. The number of nitrogens with zero attached hydrogens (tertiary/aromatic N) is 3. The Morgan fingerprint density at radius 1 is 0.972 bits per heavy atom. The van der Waals surface area contributed by atoms with Crippen LogP contribution in [0, 0.1) is 13.8 Å². The summed E-state index contributed by atoms with van der Waals surface area (Å²) in [6.07, 6.45) is 0.523. The van der Waals surface area contributed by atoms with Crippen molar-refractivity contribution in [2.45, 2.75) is 25.2 Å². The minimum Gasteiger partial charge on any atom is -0.448 e. The Bertz CT molecular complexity index is 1440. The molecule has 180 valence electrons. The van der Waals surface area contributed by atoms with Crippen LogP contribution < -0.4 is 34.9 Å². The van der Waals surface area contributed by atoms with Gasteiger partial charge in [-0.05, 0) is 74.3 Å². The molecule has 0 atom stereocenters. The maximum absolute atomic E-state index is 12.2. The molecule has 7 nitrogen and oxygen atoms in total. The number of nitrogens with one attached hydrogen (secondary N) is 1. The molecule has 1 heterocycles. The molecule has 3 aromatic carbocycles. The van der Waals surface area contributed by atoms with Crippen LogP contribution in [0.5, 0.6) is 0 Å². The van der Waals surface area contributed by atoms with Gasteiger partial charge in [0.2, 0.25) is 10.0 Å². The molecule has 0 saturated heterocycles. The van der Waals surface area contributed by atoms with Crippen LogP contribution in [0.15, 0.2) is 83.8 Å². The zero-order valence-corrected chi connectivity index (χ0v) is 23.8. The number of sulfonamides is 1. The molecule has 4 rings (SSSR count). The Morgan fingerprint density at radius 3 is 2.25 bits per heavy atom. The van der Waals surface area contributed by atoms with Crippen LogP contribution in [0.3, 0.4) is 0 Å². The van der Waals surface area contributed by atoms with E-state index >= 15 is 0 Å². The molecule has 0 aliphatic carbocycles. The Balaban J connectivity index is 0.00000361. The molecule has 36 heavy (non-hydrogen) atoms. The number of aromatic nitrogens is 2. The van der Waals surface area contributed by atoms with E-state index in [2.05, 4.69) is 22.2 Å². The Labute approximate surface area is 238 Å². The summed E-state index contributed by atoms with van der Waals surface area (Å²) in [6, 6.07) is 22.6. The number of hydrogen-bond acceptors (Lipinski definition) is 4. The zero-order chi connectivity index (χ0) is 25.0. The number of halogens is 1. The average Bonchev–Trinajstić information content (AvgIpc) is 3.13. The molecule has 0 aliphatic rings. The molecule has 4 aromatic rings. The minimum absolute atomic E-state index is 0. The fraction of sp³-hybridized carbons (Fsp3) is 0.154. The summed E-state index contributed by atoms with van der Waals surface area (Å²) >= 11 is 5.77. The largest absolute Gasteiger partial charge is 1.00 e. The number of rotatable bonds is 7. The van der Waals surface area contributed by atoms with Crippen LogP contribution in [0.1, 0.15) is 17.0 Å². The standard InChI is InChI=1S/C26H25ClN4O3S.Na/c1-18-25(21-6-4-3-5-7-21)19(2)31(29-18)23-12-8-20(9-13-23)16-17-28-26(32)30-35(33,34)24-14-10-22(27)11-15-24;/h3-15H,16-17H2,1-2H3,(H2,28,30,32);/q;+1/p-1. The summed E-state index contributed by atoms with van der Waals surface area (Å²) in [4.78, 5) is 11.9. The van der Waals surface area contributed by atoms with Gasteiger partial charge in [-0.15, -0.1) is 0 Å². The van der Waals surface area contributed by atoms with Gasteiger partial charge < -0.3 is 10.0 Å². The monoisotopic (exact) mass is 530 g/mol. The van der Waals surface area contributed by atoms with E-state index in [1.54, 1.807) is 0 Å². The first kappa shape index (κ1) is 28.0. The van der Waals surface area contributed by atoms with Gasteiger partial charge in [0.15, 0.2) is 6.03 Å². The molecule has 0 saturated carbocycles. The van der Waals surface area contributed by atoms with Crippen LogP contribution >= 0.6 is 11.6 Å². The third kappa shape index (κ3) is 6.57.